The zero-order chi connectivity index (χ0) is 23.0. The number of benzene rings is 2. The Morgan fingerprint density at radius 1 is 1.12 bits per heavy atom. The molecule has 1 amide bonds. The number of carbonyl (C=O) groups excluding carboxylic acids is 1. The van der Waals surface area contributed by atoms with E-state index in [1.165, 1.54) is 0 Å². The predicted molar refractivity (Wildman–Crippen MR) is 119 cm³/mol. The van der Waals surface area contributed by atoms with Crippen LogP contribution < -0.4 is 10.6 Å². The van der Waals surface area contributed by atoms with Crippen LogP contribution in [0.1, 0.15) is 47.2 Å². The normalized spacial score (nSPS) is 18.7. The Morgan fingerprint density at radius 2 is 1.84 bits per heavy atom. The molecule has 1 saturated carbocycles. The standard InChI is InChI=1S/C23H24ClF3N4O/c1-11-4-3-5-15-16(11)22(31-30-15)28-10-13-6-8-14(9-7-13)29-23(32)17-18(24)21(27)20(26)12(2)19(17)25/h3-5,13-14H,6-10H2,1-2H3,(H,29,32)(H2,28,30,31). The lowest BCUT2D eigenvalue weighted by molar-refractivity contribution is 0.0918. The number of halogens is 4. The van der Waals surface area contributed by atoms with Crippen molar-refractivity contribution in [2.45, 2.75) is 45.6 Å². The van der Waals surface area contributed by atoms with Gasteiger partial charge in [0.2, 0.25) is 0 Å². The Morgan fingerprint density at radius 3 is 2.56 bits per heavy atom. The summed E-state index contributed by atoms with van der Waals surface area (Å²) in [6, 6.07) is 5.82. The molecular weight excluding hydrogens is 441 g/mol. The third kappa shape index (κ3) is 4.16. The van der Waals surface area contributed by atoms with Crippen LogP contribution in [0.25, 0.3) is 10.9 Å². The number of carbonyl (C=O) groups is 1. The average Bonchev–Trinajstić information content (AvgIpc) is 3.20. The molecule has 4 rings (SSSR count). The van der Waals surface area contributed by atoms with Crippen molar-refractivity contribution in [2.24, 2.45) is 5.92 Å². The van der Waals surface area contributed by atoms with Crippen molar-refractivity contribution < 1.29 is 18.0 Å². The second kappa shape index (κ2) is 9.02. The van der Waals surface area contributed by atoms with Gasteiger partial charge in [-0.15, -0.1) is 0 Å². The smallest absolute Gasteiger partial charge is 0.256 e. The van der Waals surface area contributed by atoms with Gasteiger partial charge in [0.15, 0.2) is 17.5 Å². The molecule has 1 aliphatic carbocycles. The molecule has 0 radical (unpaired) electrons. The summed E-state index contributed by atoms with van der Waals surface area (Å²) in [6.07, 6.45) is 3.10. The van der Waals surface area contributed by atoms with Crippen molar-refractivity contribution in [1.82, 2.24) is 15.5 Å². The predicted octanol–water partition coefficient (Wildman–Crippen LogP) is 5.65. The summed E-state index contributed by atoms with van der Waals surface area (Å²) in [4.78, 5) is 12.5. The molecule has 3 aromatic rings. The van der Waals surface area contributed by atoms with Gasteiger partial charge in [0.25, 0.3) is 5.91 Å². The highest BCUT2D eigenvalue weighted by Gasteiger charge is 2.29. The summed E-state index contributed by atoms with van der Waals surface area (Å²) in [5.41, 5.74) is 0.918. The number of fused-ring (bicyclic) bond motifs is 1. The molecule has 0 unspecified atom stereocenters. The summed E-state index contributed by atoms with van der Waals surface area (Å²) < 4.78 is 41.9. The molecule has 0 aliphatic heterocycles. The van der Waals surface area contributed by atoms with E-state index in [0.717, 1.165) is 48.6 Å². The van der Waals surface area contributed by atoms with Gasteiger partial charge in [0.1, 0.15) is 5.82 Å². The fourth-order valence-corrected chi connectivity index (χ4v) is 4.59. The first kappa shape index (κ1) is 22.5. The van der Waals surface area contributed by atoms with Crippen LogP contribution in [0.2, 0.25) is 5.02 Å². The van der Waals surface area contributed by atoms with E-state index in [-0.39, 0.29) is 6.04 Å². The number of hydrogen-bond acceptors (Lipinski definition) is 3. The van der Waals surface area contributed by atoms with Gasteiger partial charge < -0.3 is 10.6 Å². The fraction of sp³-hybridized carbons (Fsp3) is 0.391. The molecule has 0 bridgehead atoms. The third-order valence-corrected chi connectivity index (χ3v) is 6.60. The van der Waals surface area contributed by atoms with Gasteiger partial charge in [-0.2, -0.15) is 5.10 Å². The second-order valence-corrected chi connectivity index (χ2v) is 8.78. The third-order valence-electron chi connectivity index (χ3n) is 6.25. The van der Waals surface area contributed by atoms with Gasteiger partial charge in [-0.25, -0.2) is 13.2 Å². The molecule has 0 saturated heterocycles. The molecule has 1 fully saturated rings. The summed E-state index contributed by atoms with van der Waals surface area (Å²) in [6.45, 7) is 3.86. The van der Waals surface area contributed by atoms with Crippen LogP contribution in [0, 0.1) is 37.2 Å². The number of nitrogens with zero attached hydrogens (tertiary/aromatic N) is 1. The Hall–Kier alpha value is -2.74. The first-order chi connectivity index (χ1) is 15.3. The highest BCUT2D eigenvalue weighted by Crippen LogP contribution is 2.31. The van der Waals surface area contributed by atoms with Crippen molar-refractivity contribution in [3.63, 3.8) is 0 Å². The lowest BCUT2D eigenvalue weighted by Gasteiger charge is -2.29. The Balaban J connectivity index is 1.34. The minimum atomic E-state index is -1.41. The van der Waals surface area contributed by atoms with Gasteiger partial charge in [-0.3, -0.25) is 9.89 Å². The Kier molecular flexibility index (Phi) is 6.33. The van der Waals surface area contributed by atoms with Crippen molar-refractivity contribution in [3.05, 3.63) is 57.4 Å². The molecule has 0 spiro atoms. The quantitative estimate of drug-likeness (QED) is 0.337. The second-order valence-electron chi connectivity index (χ2n) is 8.40. The Labute approximate surface area is 188 Å². The molecule has 32 heavy (non-hydrogen) atoms. The Bertz CT molecular complexity index is 1140. The lowest BCUT2D eigenvalue weighted by atomic mass is 9.86. The lowest BCUT2D eigenvalue weighted by Crippen LogP contribution is -2.39. The van der Waals surface area contributed by atoms with Gasteiger partial charge in [-0.05, 0) is 57.1 Å². The minimum Gasteiger partial charge on any atom is -0.368 e. The van der Waals surface area contributed by atoms with E-state index in [9.17, 15) is 18.0 Å². The van der Waals surface area contributed by atoms with Crippen LogP contribution >= 0.6 is 11.6 Å². The fourth-order valence-electron chi connectivity index (χ4n) is 4.33. The van der Waals surface area contributed by atoms with Crippen molar-refractivity contribution >= 4 is 34.2 Å². The number of aromatic amines is 1. The number of aryl methyl sites for hydroxylation is 1. The topological polar surface area (TPSA) is 69.8 Å². The average molecular weight is 465 g/mol. The maximum Gasteiger partial charge on any atom is 0.256 e. The minimum absolute atomic E-state index is 0.184. The number of aromatic nitrogens is 2. The monoisotopic (exact) mass is 464 g/mol. The zero-order valence-electron chi connectivity index (χ0n) is 17.8. The van der Waals surface area contributed by atoms with E-state index in [4.69, 9.17) is 11.6 Å². The molecule has 5 nitrogen and oxygen atoms in total. The first-order valence-electron chi connectivity index (χ1n) is 10.6. The highest BCUT2D eigenvalue weighted by molar-refractivity contribution is 6.34. The SMILES string of the molecule is Cc1c(F)c(F)c(Cl)c(C(=O)NC2CCC(CNc3n[nH]c4cccc(C)c34)CC2)c1F. The highest BCUT2D eigenvalue weighted by atomic mass is 35.5. The molecular formula is C23H24ClF3N4O. The van der Waals surface area contributed by atoms with Gasteiger partial charge in [0.05, 0.1) is 16.1 Å². The molecule has 1 aliphatic rings. The number of anilines is 1. The first-order valence-corrected chi connectivity index (χ1v) is 11.0. The summed E-state index contributed by atoms with van der Waals surface area (Å²) in [5, 5.41) is 13.8. The van der Waals surface area contributed by atoms with Gasteiger partial charge >= 0.3 is 0 Å². The molecule has 1 aromatic heterocycles. The van der Waals surface area contributed by atoms with Crippen molar-refractivity contribution in [3.8, 4) is 0 Å². The largest absolute Gasteiger partial charge is 0.368 e. The summed E-state index contributed by atoms with van der Waals surface area (Å²) in [5.74, 6) is -3.53. The van der Waals surface area contributed by atoms with Gasteiger partial charge in [-0.1, -0.05) is 23.7 Å². The van der Waals surface area contributed by atoms with E-state index >= 15 is 0 Å². The molecule has 0 atom stereocenters. The number of nitrogens with one attached hydrogen (secondary N) is 3. The molecule has 170 valence electrons. The molecule has 9 heteroatoms. The van der Waals surface area contributed by atoms with Crippen molar-refractivity contribution in [2.75, 3.05) is 11.9 Å². The zero-order valence-corrected chi connectivity index (χ0v) is 18.5. The summed E-state index contributed by atoms with van der Waals surface area (Å²) in [7, 11) is 0. The van der Waals surface area contributed by atoms with E-state index < -0.39 is 39.5 Å². The maximum absolute atomic E-state index is 14.4. The van der Waals surface area contributed by atoms with E-state index in [1.54, 1.807) is 0 Å². The van der Waals surface area contributed by atoms with Crippen LogP contribution in [-0.4, -0.2) is 28.7 Å². The molecule has 3 N–H and O–H groups in total. The van der Waals surface area contributed by atoms with E-state index in [1.807, 2.05) is 25.1 Å². The van der Waals surface area contributed by atoms with E-state index in [0.29, 0.717) is 18.8 Å². The number of rotatable bonds is 5. The van der Waals surface area contributed by atoms with Crippen LogP contribution in [0.4, 0.5) is 19.0 Å². The van der Waals surface area contributed by atoms with Crippen LogP contribution in [-0.2, 0) is 0 Å². The number of amides is 1. The van der Waals surface area contributed by atoms with Crippen LogP contribution in [0.5, 0.6) is 0 Å². The summed E-state index contributed by atoms with van der Waals surface area (Å²) >= 11 is 5.72. The van der Waals surface area contributed by atoms with Crippen LogP contribution in [0.3, 0.4) is 0 Å². The number of hydrogen-bond donors (Lipinski definition) is 3. The number of H-pyrrole nitrogens is 1. The maximum atomic E-state index is 14.4. The van der Waals surface area contributed by atoms with E-state index in [2.05, 4.69) is 20.8 Å². The molecule has 2 aromatic carbocycles. The van der Waals surface area contributed by atoms with Crippen molar-refractivity contribution in [1.29, 1.82) is 0 Å². The van der Waals surface area contributed by atoms with Crippen LogP contribution in [0.15, 0.2) is 18.2 Å². The van der Waals surface area contributed by atoms with Gasteiger partial charge in [0, 0.05) is 23.5 Å². The molecule has 1 heterocycles.